The standard InChI is InChI=1S/C23H23ClN2O6/c1-13-16(21(28)26(8-3-9-27)22(29)18(13)12-25)11-15-5-7-20(32-15)14-4-6-19(24)17(10-14)23(30)31-2/h4-7,10-11,27H,3,8-9,12,25H2,1-2H3/b16-11-. The lowest BCUT2D eigenvalue weighted by Crippen LogP contribution is -2.45. The molecule has 1 aliphatic heterocycles. The SMILES string of the molecule is COC(=O)c1cc(-c2ccc(/C=C3\C(=O)N(CCCO)C(=O)C(CN)=C3C)o2)ccc1Cl. The number of rotatable bonds is 7. The van der Waals surface area contributed by atoms with Gasteiger partial charge in [-0.1, -0.05) is 11.6 Å². The number of benzene rings is 1. The number of carbonyl (C=O) groups is 3. The number of hydrogen-bond donors (Lipinski definition) is 2. The van der Waals surface area contributed by atoms with E-state index >= 15 is 0 Å². The maximum absolute atomic E-state index is 13.0. The first kappa shape index (κ1) is 23.5. The zero-order chi connectivity index (χ0) is 23.4. The predicted octanol–water partition coefficient (Wildman–Crippen LogP) is 2.80. The lowest BCUT2D eigenvalue weighted by molar-refractivity contribution is -0.140. The van der Waals surface area contributed by atoms with Gasteiger partial charge in [-0.15, -0.1) is 0 Å². The topological polar surface area (TPSA) is 123 Å². The van der Waals surface area contributed by atoms with Crippen LogP contribution in [0.5, 0.6) is 0 Å². The number of nitrogens with two attached hydrogens (primary N) is 1. The van der Waals surface area contributed by atoms with Gasteiger partial charge in [-0.05, 0) is 55.3 Å². The van der Waals surface area contributed by atoms with Crippen molar-refractivity contribution in [2.45, 2.75) is 13.3 Å². The van der Waals surface area contributed by atoms with E-state index in [2.05, 4.69) is 0 Å². The van der Waals surface area contributed by atoms with Crippen LogP contribution in [0.1, 0.15) is 29.5 Å². The quantitative estimate of drug-likeness (QED) is 0.371. The summed E-state index contributed by atoms with van der Waals surface area (Å²) in [5.74, 6) is -0.657. The minimum absolute atomic E-state index is 0.0185. The Hall–Kier alpha value is -3.20. The number of methoxy groups -OCH3 is 1. The van der Waals surface area contributed by atoms with Gasteiger partial charge >= 0.3 is 5.97 Å². The van der Waals surface area contributed by atoms with Crippen molar-refractivity contribution in [3.8, 4) is 11.3 Å². The summed E-state index contributed by atoms with van der Waals surface area (Å²) in [7, 11) is 1.27. The Balaban J connectivity index is 1.99. The predicted molar refractivity (Wildman–Crippen MR) is 119 cm³/mol. The number of amides is 2. The average molecular weight is 459 g/mol. The number of aliphatic hydroxyl groups excluding tert-OH is 1. The Morgan fingerprint density at radius 2 is 2.00 bits per heavy atom. The number of imide groups is 1. The molecule has 0 saturated heterocycles. The first-order valence-corrected chi connectivity index (χ1v) is 10.3. The van der Waals surface area contributed by atoms with Gasteiger partial charge in [0.2, 0.25) is 0 Å². The molecule has 0 fully saturated rings. The number of ether oxygens (including phenoxy) is 1. The molecule has 2 heterocycles. The number of carbonyl (C=O) groups excluding carboxylic acids is 3. The molecule has 0 atom stereocenters. The summed E-state index contributed by atoms with van der Waals surface area (Å²) in [6.45, 7) is 1.59. The van der Waals surface area contributed by atoms with E-state index in [0.29, 0.717) is 28.2 Å². The van der Waals surface area contributed by atoms with Gasteiger partial charge in [0.25, 0.3) is 11.8 Å². The van der Waals surface area contributed by atoms with Crippen molar-refractivity contribution in [2.75, 3.05) is 26.8 Å². The van der Waals surface area contributed by atoms with Gasteiger partial charge in [0.1, 0.15) is 11.5 Å². The van der Waals surface area contributed by atoms with Gasteiger partial charge in [-0.2, -0.15) is 0 Å². The monoisotopic (exact) mass is 458 g/mol. The molecular formula is C23H23ClN2O6. The summed E-state index contributed by atoms with van der Waals surface area (Å²) in [5, 5.41) is 9.35. The highest BCUT2D eigenvalue weighted by molar-refractivity contribution is 6.33. The molecule has 9 heteroatoms. The largest absolute Gasteiger partial charge is 0.465 e. The van der Waals surface area contributed by atoms with E-state index in [4.69, 9.17) is 31.6 Å². The Kier molecular flexibility index (Phi) is 7.29. The van der Waals surface area contributed by atoms with Crippen LogP contribution in [-0.2, 0) is 14.3 Å². The van der Waals surface area contributed by atoms with E-state index in [0.717, 1.165) is 4.90 Å². The normalized spacial score (nSPS) is 15.7. The molecular weight excluding hydrogens is 436 g/mol. The van der Waals surface area contributed by atoms with Gasteiger partial charge in [-0.3, -0.25) is 14.5 Å². The number of furan rings is 1. The highest BCUT2D eigenvalue weighted by Crippen LogP contribution is 2.30. The zero-order valence-corrected chi connectivity index (χ0v) is 18.4. The van der Waals surface area contributed by atoms with Gasteiger partial charge in [0, 0.05) is 36.4 Å². The van der Waals surface area contributed by atoms with Crippen LogP contribution in [0, 0.1) is 0 Å². The maximum atomic E-state index is 13.0. The van der Waals surface area contributed by atoms with Gasteiger partial charge < -0.3 is 20.0 Å². The Bertz CT molecular complexity index is 1130. The van der Waals surface area contributed by atoms with E-state index in [1.54, 1.807) is 43.3 Å². The molecule has 32 heavy (non-hydrogen) atoms. The summed E-state index contributed by atoms with van der Waals surface area (Å²) >= 11 is 6.07. The molecule has 1 aliphatic rings. The molecule has 8 nitrogen and oxygen atoms in total. The van der Waals surface area contributed by atoms with Crippen molar-refractivity contribution >= 4 is 35.5 Å². The van der Waals surface area contributed by atoms with Crippen LogP contribution in [0.4, 0.5) is 0 Å². The maximum Gasteiger partial charge on any atom is 0.339 e. The molecule has 0 radical (unpaired) electrons. The van der Waals surface area contributed by atoms with Crippen molar-refractivity contribution in [2.24, 2.45) is 5.73 Å². The molecule has 168 valence electrons. The minimum Gasteiger partial charge on any atom is -0.465 e. The summed E-state index contributed by atoms with van der Waals surface area (Å²) in [4.78, 5) is 38.5. The van der Waals surface area contributed by atoms with Crippen LogP contribution in [-0.4, -0.2) is 54.6 Å². The smallest absolute Gasteiger partial charge is 0.339 e. The molecule has 3 N–H and O–H groups in total. The van der Waals surface area contributed by atoms with E-state index < -0.39 is 17.8 Å². The molecule has 0 spiro atoms. The van der Waals surface area contributed by atoms with Crippen molar-refractivity contribution in [3.63, 3.8) is 0 Å². The van der Waals surface area contributed by atoms with Gasteiger partial charge in [0.05, 0.1) is 17.7 Å². The second-order valence-electron chi connectivity index (χ2n) is 7.09. The highest BCUT2D eigenvalue weighted by Gasteiger charge is 2.34. The van der Waals surface area contributed by atoms with Crippen LogP contribution in [0.3, 0.4) is 0 Å². The second-order valence-corrected chi connectivity index (χ2v) is 7.50. The third-order valence-electron chi connectivity index (χ3n) is 5.15. The minimum atomic E-state index is -0.568. The lowest BCUT2D eigenvalue weighted by Gasteiger charge is -2.29. The fraction of sp³-hybridized carbons (Fsp3) is 0.261. The number of aliphatic hydroxyl groups is 1. The average Bonchev–Trinajstić information content (AvgIpc) is 3.25. The summed E-state index contributed by atoms with van der Waals surface area (Å²) in [6.07, 6.45) is 1.82. The van der Waals surface area contributed by atoms with Gasteiger partial charge in [-0.25, -0.2) is 4.79 Å². The van der Waals surface area contributed by atoms with Crippen LogP contribution in [0.2, 0.25) is 5.02 Å². The fourth-order valence-electron chi connectivity index (χ4n) is 3.40. The molecule has 2 aromatic rings. The number of hydrogen-bond acceptors (Lipinski definition) is 7. The zero-order valence-electron chi connectivity index (χ0n) is 17.7. The molecule has 0 saturated carbocycles. The lowest BCUT2D eigenvalue weighted by atomic mass is 9.94. The van der Waals surface area contributed by atoms with E-state index in [-0.39, 0.29) is 42.3 Å². The van der Waals surface area contributed by atoms with Crippen LogP contribution < -0.4 is 5.73 Å². The molecule has 3 rings (SSSR count). The summed E-state index contributed by atoms with van der Waals surface area (Å²) in [6, 6.07) is 8.19. The first-order chi connectivity index (χ1) is 15.3. The molecule has 0 unspecified atom stereocenters. The Labute approximate surface area is 189 Å². The Morgan fingerprint density at radius 3 is 2.66 bits per heavy atom. The molecule has 2 amide bonds. The van der Waals surface area contributed by atoms with Crippen molar-refractivity contribution in [3.05, 3.63) is 63.4 Å². The fourth-order valence-corrected chi connectivity index (χ4v) is 3.59. The molecule has 0 bridgehead atoms. The Morgan fingerprint density at radius 1 is 1.25 bits per heavy atom. The van der Waals surface area contributed by atoms with E-state index in [9.17, 15) is 14.4 Å². The summed E-state index contributed by atoms with van der Waals surface area (Å²) < 4.78 is 10.6. The number of esters is 1. The van der Waals surface area contributed by atoms with Crippen LogP contribution in [0.15, 0.2) is 51.5 Å². The second kappa shape index (κ2) is 9.95. The van der Waals surface area contributed by atoms with Crippen molar-refractivity contribution < 1.29 is 28.6 Å². The van der Waals surface area contributed by atoms with E-state index in [1.807, 2.05) is 0 Å². The molecule has 1 aromatic carbocycles. The molecule has 0 aliphatic carbocycles. The van der Waals surface area contributed by atoms with Crippen LogP contribution in [0.25, 0.3) is 17.4 Å². The third kappa shape index (κ3) is 4.52. The van der Waals surface area contributed by atoms with E-state index in [1.165, 1.54) is 7.11 Å². The number of halogens is 1. The van der Waals surface area contributed by atoms with Crippen molar-refractivity contribution in [1.29, 1.82) is 0 Å². The highest BCUT2D eigenvalue weighted by atomic mass is 35.5. The van der Waals surface area contributed by atoms with Crippen LogP contribution >= 0.6 is 11.6 Å². The first-order valence-electron chi connectivity index (χ1n) is 9.89. The third-order valence-corrected chi connectivity index (χ3v) is 5.48. The van der Waals surface area contributed by atoms with Crippen molar-refractivity contribution in [1.82, 2.24) is 4.90 Å². The van der Waals surface area contributed by atoms with Gasteiger partial charge in [0.15, 0.2) is 0 Å². The summed E-state index contributed by atoms with van der Waals surface area (Å²) in [5.41, 5.74) is 7.67. The number of nitrogens with zero attached hydrogens (tertiary/aromatic N) is 1. The molecule has 1 aromatic heterocycles.